The summed E-state index contributed by atoms with van der Waals surface area (Å²) >= 11 is 0. The number of hydrogen-bond donors (Lipinski definition) is 1. The Bertz CT molecular complexity index is 1210. The van der Waals surface area contributed by atoms with Crippen LogP contribution in [0.5, 0.6) is 5.75 Å². The first-order valence-electron chi connectivity index (χ1n) is 11.6. The zero-order valence-electron chi connectivity index (χ0n) is 20.7. The summed E-state index contributed by atoms with van der Waals surface area (Å²) in [6.07, 6.45) is 3.68. The highest BCUT2D eigenvalue weighted by Gasteiger charge is 2.40. The topological polar surface area (TPSA) is 75.9 Å². The summed E-state index contributed by atoms with van der Waals surface area (Å²) in [6, 6.07) is 25.1. The largest absolute Gasteiger partial charge is 0.496 e. The van der Waals surface area contributed by atoms with Gasteiger partial charge in [-0.3, -0.25) is 10.1 Å². The SMILES string of the molecule is COc1ccc(N(C)S(=O)(=O)Cc2ccccc2)cc1CC1(c2ccccc2)CCCCN1N.Cl.Cl. The van der Waals surface area contributed by atoms with E-state index in [1.807, 2.05) is 65.7 Å². The van der Waals surface area contributed by atoms with Crippen molar-refractivity contribution >= 4 is 40.5 Å². The molecule has 0 aliphatic carbocycles. The molecule has 1 aliphatic heterocycles. The third kappa shape index (κ3) is 6.33. The van der Waals surface area contributed by atoms with Gasteiger partial charge < -0.3 is 4.74 Å². The van der Waals surface area contributed by atoms with Gasteiger partial charge in [0.15, 0.2) is 0 Å². The Labute approximate surface area is 227 Å². The lowest BCUT2D eigenvalue weighted by Crippen LogP contribution is -2.54. The number of nitrogens with two attached hydrogens (primary N) is 1. The lowest BCUT2D eigenvalue weighted by molar-refractivity contribution is 0.0421. The van der Waals surface area contributed by atoms with Crippen LogP contribution in [-0.2, 0) is 27.7 Å². The molecule has 3 aromatic rings. The average molecular weight is 553 g/mol. The molecule has 3 aromatic carbocycles. The molecule has 6 nitrogen and oxygen atoms in total. The van der Waals surface area contributed by atoms with Gasteiger partial charge >= 0.3 is 0 Å². The summed E-state index contributed by atoms with van der Waals surface area (Å²) in [5.41, 5.74) is 3.08. The Kier molecular flexibility index (Phi) is 10.6. The Morgan fingerprint density at radius 3 is 2.22 bits per heavy atom. The number of hydrazine groups is 1. The van der Waals surface area contributed by atoms with Gasteiger partial charge in [-0.05, 0) is 60.6 Å². The third-order valence-corrected chi connectivity index (χ3v) is 8.56. The number of piperidine rings is 1. The van der Waals surface area contributed by atoms with Crippen molar-refractivity contribution in [3.63, 3.8) is 0 Å². The van der Waals surface area contributed by atoms with E-state index in [4.69, 9.17) is 10.6 Å². The second-order valence-corrected chi connectivity index (χ2v) is 10.9. The normalized spacial score (nSPS) is 18.0. The second kappa shape index (κ2) is 12.8. The monoisotopic (exact) mass is 551 g/mol. The molecule has 1 aliphatic rings. The van der Waals surface area contributed by atoms with Gasteiger partial charge in [0.1, 0.15) is 5.75 Å². The van der Waals surface area contributed by atoms with E-state index in [-0.39, 0.29) is 36.1 Å². The van der Waals surface area contributed by atoms with E-state index in [1.165, 1.54) is 4.31 Å². The highest BCUT2D eigenvalue weighted by molar-refractivity contribution is 7.92. The van der Waals surface area contributed by atoms with Crippen molar-refractivity contribution in [3.8, 4) is 5.75 Å². The minimum atomic E-state index is -3.56. The highest BCUT2D eigenvalue weighted by Crippen LogP contribution is 2.41. The predicted molar refractivity (Wildman–Crippen MR) is 152 cm³/mol. The van der Waals surface area contributed by atoms with Gasteiger partial charge in [0.2, 0.25) is 10.0 Å². The van der Waals surface area contributed by atoms with Crippen LogP contribution in [0.15, 0.2) is 78.9 Å². The molecule has 196 valence electrons. The molecule has 1 heterocycles. The molecule has 9 heteroatoms. The van der Waals surface area contributed by atoms with E-state index in [0.717, 1.165) is 48.2 Å². The van der Waals surface area contributed by atoms with Crippen LogP contribution < -0.4 is 14.9 Å². The fraction of sp³-hybridized carbons (Fsp3) is 0.333. The molecule has 0 aromatic heterocycles. The van der Waals surface area contributed by atoms with E-state index >= 15 is 0 Å². The molecule has 1 unspecified atom stereocenters. The van der Waals surface area contributed by atoms with Gasteiger partial charge in [0.05, 0.1) is 24.1 Å². The van der Waals surface area contributed by atoms with Gasteiger partial charge in [-0.2, -0.15) is 0 Å². The van der Waals surface area contributed by atoms with E-state index in [9.17, 15) is 8.42 Å². The molecule has 2 N–H and O–H groups in total. The predicted octanol–water partition coefficient (Wildman–Crippen LogP) is 5.30. The van der Waals surface area contributed by atoms with Crippen molar-refractivity contribution in [1.82, 2.24) is 5.01 Å². The molecule has 0 amide bonds. The van der Waals surface area contributed by atoms with Crippen LogP contribution in [-0.4, -0.2) is 34.1 Å². The highest BCUT2D eigenvalue weighted by atomic mass is 35.5. The first kappa shape index (κ1) is 29.9. The number of rotatable bonds is 8. The molecular weight excluding hydrogens is 517 g/mol. The first-order valence-corrected chi connectivity index (χ1v) is 13.2. The number of benzene rings is 3. The van der Waals surface area contributed by atoms with Crippen molar-refractivity contribution < 1.29 is 13.2 Å². The molecular formula is C27H35Cl2N3O3S. The van der Waals surface area contributed by atoms with Gasteiger partial charge in [0.25, 0.3) is 0 Å². The Balaban J connectivity index is 0.00000228. The fourth-order valence-corrected chi connectivity index (χ4v) is 6.11. The van der Waals surface area contributed by atoms with Crippen LogP contribution in [0.3, 0.4) is 0 Å². The van der Waals surface area contributed by atoms with Crippen molar-refractivity contribution in [3.05, 3.63) is 95.6 Å². The van der Waals surface area contributed by atoms with Crippen molar-refractivity contribution in [2.24, 2.45) is 5.84 Å². The van der Waals surface area contributed by atoms with Gasteiger partial charge in [-0.1, -0.05) is 60.7 Å². The second-order valence-electron chi connectivity index (χ2n) is 8.93. The lowest BCUT2D eigenvalue weighted by atomic mass is 9.77. The van der Waals surface area contributed by atoms with Crippen LogP contribution in [0.4, 0.5) is 5.69 Å². The summed E-state index contributed by atoms with van der Waals surface area (Å²) in [6.45, 7) is 0.808. The van der Waals surface area contributed by atoms with Gasteiger partial charge in [-0.15, -0.1) is 24.8 Å². The summed E-state index contributed by atoms with van der Waals surface area (Å²) in [4.78, 5) is 0. The van der Waals surface area contributed by atoms with Gasteiger partial charge in [0, 0.05) is 13.6 Å². The summed E-state index contributed by atoms with van der Waals surface area (Å²) in [7, 11) is -0.309. The summed E-state index contributed by atoms with van der Waals surface area (Å²) in [5.74, 6) is 7.29. The van der Waals surface area contributed by atoms with Crippen molar-refractivity contribution in [2.45, 2.75) is 37.0 Å². The fourth-order valence-electron chi connectivity index (χ4n) is 4.86. The standard InChI is InChI=1S/C27H33N3O3S.2ClH/c1-29(34(31,32)21-22-11-5-3-6-12-22)25-15-16-26(33-2)23(19-25)20-27(17-9-10-18-30(27)28)24-13-7-4-8-14-24;;/h3-8,11-16,19H,9-10,17-18,20-21,28H2,1-2H3;2*1H. The van der Waals surface area contributed by atoms with Gasteiger partial charge in [-0.25, -0.2) is 13.4 Å². The smallest absolute Gasteiger partial charge is 0.239 e. The number of ether oxygens (including phenoxy) is 1. The molecule has 36 heavy (non-hydrogen) atoms. The van der Waals surface area contributed by atoms with Crippen LogP contribution in [0.2, 0.25) is 0 Å². The van der Waals surface area contributed by atoms with E-state index in [0.29, 0.717) is 12.1 Å². The quantitative estimate of drug-likeness (QED) is 0.384. The number of hydrogen-bond acceptors (Lipinski definition) is 5. The van der Waals surface area contributed by atoms with Crippen LogP contribution in [0.25, 0.3) is 0 Å². The maximum atomic E-state index is 13.2. The third-order valence-electron chi connectivity index (χ3n) is 6.82. The Morgan fingerprint density at radius 1 is 0.972 bits per heavy atom. The van der Waals surface area contributed by atoms with Crippen LogP contribution in [0, 0.1) is 0 Å². The number of anilines is 1. The molecule has 4 rings (SSSR count). The lowest BCUT2D eigenvalue weighted by Gasteiger charge is -2.45. The molecule has 0 saturated carbocycles. The Morgan fingerprint density at radius 2 is 1.61 bits per heavy atom. The maximum Gasteiger partial charge on any atom is 0.239 e. The molecule has 0 spiro atoms. The van der Waals surface area contributed by atoms with Crippen molar-refractivity contribution in [2.75, 3.05) is 25.0 Å². The van der Waals surface area contributed by atoms with Crippen LogP contribution >= 0.6 is 24.8 Å². The number of methoxy groups -OCH3 is 1. The number of sulfonamides is 1. The van der Waals surface area contributed by atoms with E-state index in [2.05, 4.69) is 12.1 Å². The molecule has 0 bridgehead atoms. The summed E-state index contributed by atoms with van der Waals surface area (Å²) < 4.78 is 33.4. The molecule has 1 atom stereocenters. The van der Waals surface area contributed by atoms with E-state index < -0.39 is 10.0 Å². The minimum absolute atomic E-state index is 0. The molecule has 1 saturated heterocycles. The zero-order valence-corrected chi connectivity index (χ0v) is 23.1. The molecule has 1 fully saturated rings. The minimum Gasteiger partial charge on any atom is -0.496 e. The van der Waals surface area contributed by atoms with Crippen LogP contribution in [0.1, 0.15) is 36.0 Å². The average Bonchev–Trinajstić information content (AvgIpc) is 2.86. The van der Waals surface area contributed by atoms with Crippen molar-refractivity contribution in [1.29, 1.82) is 0 Å². The number of nitrogens with zero attached hydrogens (tertiary/aromatic N) is 2. The first-order chi connectivity index (χ1) is 16.4. The zero-order chi connectivity index (χ0) is 24.2. The maximum absolute atomic E-state index is 13.2. The Hall–Kier alpha value is -2.29. The molecule has 0 radical (unpaired) electrons. The summed E-state index contributed by atoms with van der Waals surface area (Å²) in [5, 5.41) is 1.95. The number of halogens is 2. The van der Waals surface area contributed by atoms with E-state index in [1.54, 1.807) is 20.2 Å².